The molecule has 1 saturated heterocycles. The number of rotatable bonds is 2. The van der Waals surface area contributed by atoms with E-state index in [1.54, 1.807) is 0 Å². The molecule has 0 aromatic rings. The first-order valence-electron chi connectivity index (χ1n) is 5.11. The second kappa shape index (κ2) is 3.86. The van der Waals surface area contributed by atoms with Crippen molar-refractivity contribution >= 4 is 5.97 Å². The van der Waals surface area contributed by atoms with Crippen molar-refractivity contribution in [2.24, 2.45) is 5.92 Å². The van der Waals surface area contributed by atoms with Crippen molar-refractivity contribution in [1.82, 2.24) is 4.90 Å². The summed E-state index contributed by atoms with van der Waals surface area (Å²) < 4.78 is 5.04. The molecule has 0 aliphatic carbocycles. The van der Waals surface area contributed by atoms with Gasteiger partial charge in [-0.05, 0) is 19.4 Å². The van der Waals surface area contributed by atoms with Crippen LogP contribution in [-0.2, 0) is 9.53 Å². The second-order valence-electron chi connectivity index (χ2n) is 3.56. The Hall–Kier alpha value is -1.25. The van der Waals surface area contributed by atoms with Crippen LogP contribution in [0.3, 0.4) is 0 Å². The Labute approximate surface area is 84.0 Å². The van der Waals surface area contributed by atoms with Gasteiger partial charge in [0.1, 0.15) is 0 Å². The molecule has 0 aromatic carbocycles. The van der Waals surface area contributed by atoms with Gasteiger partial charge in [0.2, 0.25) is 0 Å². The number of hydrogen-bond acceptors (Lipinski definition) is 3. The fourth-order valence-corrected chi connectivity index (χ4v) is 2.04. The number of fused-ring (bicyclic) bond motifs is 1. The zero-order valence-corrected chi connectivity index (χ0v) is 8.40. The molecule has 1 fully saturated rings. The van der Waals surface area contributed by atoms with Crippen molar-refractivity contribution in [2.75, 3.05) is 19.7 Å². The minimum atomic E-state index is -0.0726. The molecule has 0 radical (unpaired) electrons. The van der Waals surface area contributed by atoms with Gasteiger partial charge in [0.25, 0.3) is 0 Å². The van der Waals surface area contributed by atoms with Crippen LogP contribution in [0.4, 0.5) is 0 Å². The predicted molar refractivity (Wildman–Crippen MR) is 53.5 cm³/mol. The lowest BCUT2D eigenvalue weighted by Crippen LogP contribution is -2.24. The van der Waals surface area contributed by atoms with E-state index < -0.39 is 0 Å². The van der Waals surface area contributed by atoms with E-state index in [0.717, 1.165) is 25.2 Å². The molecule has 2 heterocycles. The van der Waals surface area contributed by atoms with E-state index in [1.807, 2.05) is 19.1 Å². The maximum absolute atomic E-state index is 11.6. The summed E-state index contributed by atoms with van der Waals surface area (Å²) in [5, 5.41) is 0. The quantitative estimate of drug-likeness (QED) is 0.619. The minimum Gasteiger partial charge on any atom is -0.465 e. The van der Waals surface area contributed by atoms with Crippen LogP contribution in [0.2, 0.25) is 0 Å². The number of allylic oxidation sites excluding steroid dienone is 2. The Morgan fingerprint density at radius 3 is 3.36 bits per heavy atom. The fourth-order valence-electron chi connectivity index (χ4n) is 2.04. The summed E-state index contributed by atoms with van der Waals surface area (Å²) in [7, 11) is 0. The summed E-state index contributed by atoms with van der Waals surface area (Å²) in [6.45, 7) is 4.22. The standard InChI is InChI=1S/C11H15NO2/c1-2-14-11(13)9-6-8-12-7-4-3-5-10(9)12/h3-5,9H,2,6-8H2,1H3. The first kappa shape index (κ1) is 9.31. The average Bonchev–Trinajstić information content (AvgIpc) is 2.61. The fraction of sp³-hybridized carbons (Fsp3) is 0.545. The topological polar surface area (TPSA) is 29.5 Å². The summed E-state index contributed by atoms with van der Waals surface area (Å²) in [5.41, 5.74) is 1.13. The Morgan fingerprint density at radius 1 is 1.71 bits per heavy atom. The van der Waals surface area contributed by atoms with Gasteiger partial charge in [-0.15, -0.1) is 0 Å². The van der Waals surface area contributed by atoms with Crippen LogP contribution >= 0.6 is 0 Å². The van der Waals surface area contributed by atoms with Crippen LogP contribution in [-0.4, -0.2) is 30.6 Å². The maximum atomic E-state index is 11.6. The third-order valence-corrected chi connectivity index (χ3v) is 2.71. The average molecular weight is 193 g/mol. The third kappa shape index (κ3) is 1.54. The summed E-state index contributed by atoms with van der Waals surface area (Å²) >= 11 is 0. The van der Waals surface area contributed by atoms with Crippen molar-refractivity contribution in [3.8, 4) is 0 Å². The molecule has 1 unspecified atom stereocenters. The largest absolute Gasteiger partial charge is 0.465 e. The molecular weight excluding hydrogens is 178 g/mol. The number of carbonyl (C=O) groups is 1. The van der Waals surface area contributed by atoms with E-state index in [2.05, 4.69) is 11.0 Å². The lowest BCUT2D eigenvalue weighted by molar-refractivity contribution is -0.146. The molecule has 14 heavy (non-hydrogen) atoms. The lowest BCUT2D eigenvalue weighted by atomic mass is 10.0. The molecule has 2 aliphatic rings. The van der Waals surface area contributed by atoms with E-state index in [-0.39, 0.29) is 11.9 Å². The first-order valence-corrected chi connectivity index (χ1v) is 5.11. The molecule has 2 rings (SSSR count). The predicted octanol–water partition coefficient (Wildman–Crippen LogP) is 1.33. The van der Waals surface area contributed by atoms with Crippen molar-refractivity contribution in [2.45, 2.75) is 13.3 Å². The smallest absolute Gasteiger partial charge is 0.314 e. The third-order valence-electron chi connectivity index (χ3n) is 2.71. The molecule has 0 saturated carbocycles. The molecule has 0 N–H and O–H groups in total. The molecular formula is C11H15NO2. The molecule has 3 heteroatoms. The molecule has 2 aliphatic heterocycles. The number of ether oxygens (including phenoxy) is 1. The maximum Gasteiger partial charge on any atom is 0.314 e. The van der Waals surface area contributed by atoms with Gasteiger partial charge in [-0.1, -0.05) is 12.2 Å². The van der Waals surface area contributed by atoms with E-state index in [4.69, 9.17) is 4.74 Å². The highest BCUT2D eigenvalue weighted by Gasteiger charge is 2.33. The Bertz CT molecular complexity index is 294. The Morgan fingerprint density at radius 2 is 2.57 bits per heavy atom. The highest BCUT2D eigenvalue weighted by Crippen LogP contribution is 2.30. The lowest BCUT2D eigenvalue weighted by Gasteiger charge is -2.22. The summed E-state index contributed by atoms with van der Waals surface area (Å²) in [5.74, 6) is -0.101. The van der Waals surface area contributed by atoms with Gasteiger partial charge >= 0.3 is 5.97 Å². The van der Waals surface area contributed by atoms with Gasteiger partial charge in [0.15, 0.2) is 0 Å². The SMILES string of the molecule is CCOC(=O)C1CCN2CC=CC=C12. The van der Waals surface area contributed by atoms with Crippen molar-refractivity contribution in [3.05, 3.63) is 23.9 Å². The van der Waals surface area contributed by atoms with Crippen molar-refractivity contribution < 1.29 is 9.53 Å². The highest BCUT2D eigenvalue weighted by atomic mass is 16.5. The Balaban J connectivity index is 2.10. The van der Waals surface area contributed by atoms with Crippen LogP contribution < -0.4 is 0 Å². The van der Waals surface area contributed by atoms with Gasteiger partial charge in [-0.25, -0.2) is 0 Å². The van der Waals surface area contributed by atoms with Crippen LogP contribution in [0.1, 0.15) is 13.3 Å². The van der Waals surface area contributed by atoms with E-state index in [9.17, 15) is 4.79 Å². The van der Waals surface area contributed by atoms with E-state index in [1.165, 1.54) is 0 Å². The van der Waals surface area contributed by atoms with Gasteiger partial charge in [0, 0.05) is 18.8 Å². The molecule has 76 valence electrons. The number of carbonyl (C=O) groups excluding carboxylic acids is 1. The zero-order valence-electron chi connectivity index (χ0n) is 8.40. The molecule has 1 atom stereocenters. The number of hydrogen-bond donors (Lipinski definition) is 0. The van der Waals surface area contributed by atoms with Crippen molar-refractivity contribution in [1.29, 1.82) is 0 Å². The van der Waals surface area contributed by atoms with E-state index >= 15 is 0 Å². The van der Waals surface area contributed by atoms with Gasteiger partial charge < -0.3 is 9.64 Å². The summed E-state index contributed by atoms with van der Waals surface area (Å²) in [6.07, 6.45) is 7.05. The molecule has 3 nitrogen and oxygen atoms in total. The zero-order chi connectivity index (χ0) is 9.97. The highest BCUT2D eigenvalue weighted by molar-refractivity contribution is 5.76. The van der Waals surface area contributed by atoms with Gasteiger partial charge in [-0.2, -0.15) is 0 Å². The van der Waals surface area contributed by atoms with Gasteiger partial charge in [0.05, 0.1) is 12.5 Å². The van der Waals surface area contributed by atoms with Crippen LogP contribution in [0.5, 0.6) is 0 Å². The van der Waals surface area contributed by atoms with E-state index in [0.29, 0.717) is 6.61 Å². The molecule has 0 bridgehead atoms. The molecule has 0 aromatic heterocycles. The number of esters is 1. The van der Waals surface area contributed by atoms with Crippen LogP contribution in [0.25, 0.3) is 0 Å². The van der Waals surface area contributed by atoms with Crippen LogP contribution in [0.15, 0.2) is 23.9 Å². The summed E-state index contributed by atoms with van der Waals surface area (Å²) in [6, 6.07) is 0. The minimum absolute atomic E-state index is 0.0279. The van der Waals surface area contributed by atoms with Crippen molar-refractivity contribution in [3.63, 3.8) is 0 Å². The first-order chi connectivity index (χ1) is 6.83. The Kier molecular flexibility index (Phi) is 2.57. The normalized spacial score (nSPS) is 24.5. The second-order valence-corrected chi connectivity index (χ2v) is 3.56. The number of nitrogens with zero attached hydrogens (tertiary/aromatic N) is 1. The van der Waals surface area contributed by atoms with Gasteiger partial charge in [-0.3, -0.25) is 4.79 Å². The monoisotopic (exact) mass is 193 g/mol. The molecule has 0 amide bonds. The molecule has 0 spiro atoms. The summed E-state index contributed by atoms with van der Waals surface area (Å²) in [4.78, 5) is 13.8. The van der Waals surface area contributed by atoms with Crippen LogP contribution in [0, 0.1) is 5.92 Å².